The van der Waals surface area contributed by atoms with Crippen LogP contribution in [0.15, 0.2) is 83.3 Å². The van der Waals surface area contributed by atoms with Gasteiger partial charge in [-0.2, -0.15) is 4.98 Å². The number of hydrogen-bond acceptors (Lipinski definition) is 8. The van der Waals surface area contributed by atoms with Gasteiger partial charge in [-0.05, 0) is 48.9 Å². The standard InChI is InChI=1S/C28H29N3O6/c1-3-34-26(32)20-31(28(33)36-22-11-5-4-6-12-22)19-21-10-9-13-23(18-21)35-17-16-30(2)27-29-24-14-7-8-15-25(24)37-27/h4-15,18H,3,16-17,19-20H2,1-2H3. The summed E-state index contributed by atoms with van der Waals surface area (Å²) in [4.78, 5) is 32.6. The quantitative estimate of drug-likeness (QED) is 0.267. The van der Waals surface area contributed by atoms with Crippen LogP contribution in [0.2, 0.25) is 0 Å². The summed E-state index contributed by atoms with van der Waals surface area (Å²) in [5.74, 6) is 0.514. The molecule has 1 amide bonds. The van der Waals surface area contributed by atoms with Gasteiger partial charge in [0.1, 0.15) is 30.2 Å². The first-order chi connectivity index (χ1) is 18.0. The predicted molar refractivity (Wildman–Crippen MR) is 139 cm³/mol. The molecule has 0 atom stereocenters. The molecule has 0 unspecified atom stereocenters. The van der Waals surface area contributed by atoms with E-state index in [1.165, 1.54) is 4.90 Å². The van der Waals surface area contributed by atoms with Crippen LogP contribution in [0, 0.1) is 0 Å². The zero-order valence-corrected chi connectivity index (χ0v) is 20.8. The summed E-state index contributed by atoms with van der Waals surface area (Å²) in [6, 6.07) is 24.2. The average molecular weight is 504 g/mol. The van der Waals surface area contributed by atoms with Crippen molar-refractivity contribution in [2.75, 3.05) is 38.3 Å². The summed E-state index contributed by atoms with van der Waals surface area (Å²) >= 11 is 0. The highest BCUT2D eigenvalue weighted by atomic mass is 16.6. The number of ether oxygens (including phenoxy) is 3. The second kappa shape index (κ2) is 12.4. The van der Waals surface area contributed by atoms with E-state index in [-0.39, 0.29) is 19.7 Å². The van der Waals surface area contributed by atoms with Crippen LogP contribution in [-0.4, -0.2) is 55.3 Å². The van der Waals surface area contributed by atoms with Crippen LogP contribution in [0.1, 0.15) is 12.5 Å². The fourth-order valence-electron chi connectivity index (χ4n) is 3.57. The largest absolute Gasteiger partial charge is 0.492 e. The topological polar surface area (TPSA) is 94.3 Å². The van der Waals surface area contributed by atoms with E-state index >= 15 is 0 Å². The molecule has 192 valence electrons. The highest BCUT2D eigenvalue weighted by Crippen LogP contribution is 2.21. The molecule has 0 saturated carbocycles. The molecule has 37 heavy (non-hydrogen) atoms. The molecule has 0 aliphatic carbocycles. The van der Waals surface area contributed by atoms with Crippen molar-refractivity contribution < 1.29 is 28.2 Å². The average Bonchev–Trinajstić information content (AvgIpc) is 3.34. The van der Waals surface area contributed by atoms with Crippen LogP contribution in [0.3, 0.4) is 0 Å². The van der Waals surface area contributed by atoms with E-state index in [0.717, 1.165) is 16.7 Å². The van der Waals surface area contributed by atoms with Gasteiger partial charge < -0.3 is 23.5 Å². The van der Waals surface area contributed by atoms with Crippen molar-refractivity contribution in [1.82, 2.24) is 9.88 Å². The van der Waals surface area contributed by atoms with Crippen LogP contribution in [0.5, 0.6) is 11.5 Å². The van der Waals surface area contributed by atoms with Crippen molar-refractivity contribution >= 4 is 29.2 Å². The SMILES string of the molecule is CCOC(=O)CN(Cc1cccc(OCCN(C)c2nc3ccccc3o2)c1)C(=O)Oc1ccccc1. The normalized spacial score (nSPS) is 10.6. The van der Waals surface area contributed by atoms with E-state index in [1.54, 1.807) is 31.2 Å². The first-order valence-electron chi connectivity index (χ1n) is 12.0. The number of carbonyl (C=O) groups excluding carboxylic acids is 2. The maximum Gasteiger partial charge on any atom is 0.416 e. The maximum atomic E-state index is 12.8. The number of hydrogen-bond donors (Lipinski definition) is 0. The zero-order chi connectivity index (χ0) is 26.0. The number of likely N-dealkylation sites (N-methyl/N-ethyl adjacent to an activating group) is 1. The maximum absolute atomic E-state index is 12.8. The molecule has 9 heteroatoms. The summed E-state index contributed by atoms with van der Waals surface area (Å²) < 4.78 is 22.2. The summed E-state index contributed by atoms with van der Waals surface area (Å²) in [6.07, 6.45) is -0.648. The van der Waals surface area contributed by atoms with Crippen molar-refractivity contribution in [3.63, 3.8) is 0 Å². The second-order valence-electron chi connectivity index (χ2n) is 8.22. The molecule has 0 radical (unpaired) electrons. The fraction of sp³-hybridized carbons (Fsp3) is 0.250. The highest BCUT2D eigenvalue weighted by Gasteiger charge is 2.21. The molecule has 0 fully saturated rings. The molecule has 0 saturated heterocycles. The van der Waals surface area contributed by atoms with Gasteiger partial charge in [0.15, 0.2) is 5.58 Å². The van der Waals surface area contributed by atoms with Gasteiger partial charge in [0.05, 0.1) is 13.2 Å². The van der Waals surface area contributed by atoms with Crippen molar-refractivity contribution in [2.45, 2.75) is 13.5 Å². The van der Waals surface area contributed by atoms with Crippen molar-refractivity contribution in [1.29, 1.82) is 0 Å². The summed E-state index contributed by atoms with van der Waals surface area (Å²) in [5.41, 5.74) is 2.31. The summed E-state index contributed by atoms with van der Waals surface area (Å²) in [6.45, 7) is 2.79. The van der Waals surface area contributed by atoms with Gasteiger partial charge in [0.2, 0.25) is 0 Å². The Balaban J connectivity index is 1.36. The fourth-order valence-corrected chi connectivity index (χ4v) is 3.57. The Morgan fingerprint density at radius 1 is 0.946 bits per heavy atom. The number of benzene rings is 3. The Labute approximate surface area is 215 Å². The third-order valence-corrected chi connectivity index (χ3v) is 5.41. The summed E-state index contributed by atoms with van der Waals surface area (Å²) in [7, 11) is 1.89. The minimum atomic E-state index is -0.648. The lowest BCUT2D eigenvalue weighted by Crippen LogP contribution is -2.38. The molecule has 0 spiro atoms. The lowest BCUT2D eigenvalue weighted by molar-refractivity contribution is -0.144. The Morgan fingerprint density at radius 2 is 1.70 bits per heavy atom. The van der Waals surface area contributed by atoms with E-state index in [2.05, 4.69) is 4.98 Å². The van der Waals surface area contributed by atoms with Crippen molar-refractivity contribution in [2.24, 2.45) is 0 Å². The number of carbonyl (C=O) groups is 2. The van der Waals surface area contributed by atoms with Crippen LogP contribution in [0.25, 0.3) is 11.1 Å². The number of aromatic nitrogens is 1. The number of esters is 1. The molecule has 9 nitrogen and oxygen atoms in total. The van der Waals surface area contributed by atoms with Crippen LogP contribution in [-0.2, 0) is 16.1 Å². The van der Waals surface area contributed by atoms with E-state index < -0.39 is 12.1 Å². The molecule has 0 aliphatic heterocycles. The molecule has 1 heterocycles. The lowest BCUT2D eigenvalue weighted by atomic mass is 10.2. The third-order valence-electron chi connectivity index (χ3n) is 5.41. The monoisotopic (exact) mass is 503 g/mol. The van der Waals surface area contributed by atoms with Crippen molar-refractivity contribution in [3.05, 3.63) is 84.4 Å². The number of amides is 1. The zero-order valence-electron chi connectivity index (χ0n) is 20.8. The van der Waals surface area contributed by atoms with E-state index in [4.69, 9.17) is 18.6 Å². The molecule has 1 aromatic heterocycles. The third kappa shape index (κ3) is 7.23. The first kappa shape index (κ1) is 25.6. The van der Waals surface area contributed by atoms with Gasteiger partial charge in [-0.3, -0.25) is 9.69 Å². The van der Waals surface area contributed by atoms with Gasteiger partial charge in [-0.1, -0.05) is 42.5 Å². The van der Waals surface area contributed by atoms with Gasteiger partial charge >= 0.3 is 12.1 Å². The highest BCUT2D eigenvalue weighted by molar-refractivity contribution is 5.79. The van der Waals surface area contributed by atoms with E-state index in [0.29, 0.717) is 30.7 Å². The number of anilines is 1. The number of rotatable bonds is 11. The minimum Gasteiger partial charge on any atom is -0.492 e. The number of fused-ring (bicyclic) bond motifs is 1. The summed E-state index contributed by atoms with van der Waals surface area (Å²) in [5, 5.41) is 0. The first-order valence-corrected chi connectivity index (χ1v) is 12.0. The van der Waals surface area contributed by atoms with Gasteiger partial charge in [-0.25, -0.2) is 4.79 Å². The molecule has 3 aromatic carbocycles. The molecule has 0 aliphatic rings. The smallest absolute Gasteiger partial charge is 0.416 e. The Morgan fingerprint density at radius 3 is 2.49 bits per heavy atom. The number of para-hydroxylation sites is 3. The Kier molecular flexibility index (Phi) is 8.59. The molecule has 4 rings (SSSR count). The molecule has 4 aromatic rings. The second-order valence-corrected chi connectivity index (χ2v) is 8.22. The van der Waals surface area contributed by atoms with Crippen LogP contribution in [0.4, 0.5) is 10.8 Å². The van der Waals surface area contributed by atoms with Gasteiger partial charge in [0, 0.05) is 13.6 Å². The van der Waals surface area contributed by atoms with E-state index in [1.807, 2.05) is 66.5 Å². The molecule has 0 bridgehead atoms. The van der Waals surface area contributed by atoms with Gasteiger partial charge in [0.25, 0.3) is 6.01 Å². The minimum absolute atomic E-state index is 0.143. The number of nitrogens with zero attached hydrogens (tertiary/aromatic N) is 3. The van der Waals surface area contributed by atoms with Crippen molar-refractivity contribution in [3.8, 4) is 11.5 Å². The Bertz CT molecular complexity index is 1290. The van der Waals surface area contributed by atoms with E-state index in [9.17, 15) is 9.59 Å². The predicted octanol–water partition coefficient (Wildman–Crippen LogP) is 4.91. The molecular formula is C28H29N3O6. The Hall–Kier alpha value is -4.53. The van der Waals surface area contributed by atoms with Crippen LogP contribution >= 0.6 is 0 Å². The van der Waals surface area contributed by atoms with Gasteiger partial charge in [-0.15, -0.1) is 0 Å². The lowest BCUT2D eigenvalue weighted by Gasteiger charge is -2.21. The van der Waals surface area contributed by atoms with Crippen LogP contribution < -0.4 is 14.4 Å². The molecular weight excluding hydrogens is 474 g/mol. The molecule has 0 N–H and O–H groups in total. The number of oxazole rings is 1.